The van der Waals surface area contributed by atoms with Gasteiger partial charge in [-0.25, -0.2) is 4.39 Å². The molecule has 0 aliphatic heterocycles. The summed E-state index contributed by atoms with van der Waals surface area (Å²) in [6, 6.07) is 8.14. The number of ketones is 1. The second kappa shape index (κ2) is 5.95. The maximum absolute atomic E-state index is 14.2. The number of ether oxygens (including phenoxy) is 2. The van der Waals surface area contributed by atoms with E-state index in [-0.39, 0.29) is 11.1 Å². The maximum Gasteiger partial charge on any atom is 0.203 e. The Hall–Kier alpha value is -2.36. The summed E-state index contributed by atoms with van der Waals surface area (Å²) in [5, 5.41) is 0. The fourth-order valence-corrected chi connectivity index (χ4v) is 2.40. The van der Waals surface area contributed by atoms with Crippen LogP contribution in [0.5, 0.6) is 11.5 Å². The van der Waals surface area contributed by atoms with E-state index in [1.54, 1.807) is 38.1 Å². The van der Waals surface area contributed by atoms with E-state index in [0.29, 0.717) is 17.1 Å². The molecule has 0 heterocycles. The van der Waals surface area contributed by atoms with Gasteiger partial charge < -0.3 is 9.47 Å². The van der Waals surface area contributed by atoms with Crippen molar-refractivity contribution in [3.8, 4) is 11.5 Å². The first-order valence-electron chi connectivity index (χ1n) is 6.52. The average Bonchev–Trinajstić information content (AvgIpc) is 2.44. The minimum Gasteiger partial charge on any atom is -0.496 e. The van der Waals surface area contributed by atoms with E-state index in [0.717, 1.165) is 5.56 Å². The van der Waals surface area contributed by atoms with Crippen LogP contribution >= 0.6 is 0 Å². The molecule has 0 bridgehead atoms. The zero-order valence-electron chi connectivity index (χ0n) is 12.5. The molecule has 0 saturated carbocycles. The lowest BCUT2D eigenvalue weighted by Gasteiger charge is -2.14. The zero-order valence-corrected chi connectivity index (χ0v) is 12.5. The summed E-state index contributed by atoms with van der Waals surface area (Å²) < 4.78 is 24.6. The van der Waals surface area contributed by atoms with Crippen LogP contribution in [0.2, 0.25) is 0 Å². The van der Waals surface area contributed by atoms with Crippen molar-refractivity contribution in [1.29, 1.82) is 0 Å². The molecular formula is C17H17FO3. The fourth-order valence-electron chi connectivity index (χ4n) is 2.40. The van der Waals surface area contributed by atoms with Gasteiger partial charge in [-0.1, -0.05) is 12.1 Å². The molecular weight excluding hydrogens is 271 g/mol. The molecule has 2 aromatic rings. The monoisotopic (exact) mass is 288 g/mol. The standard InChI is InChI=1S/C17H17FO3/c1-10-8-11(2)15(12(18)9-10)17(19)16-13(20-3)6-5-7-14(16)21-4/h5-9H,1-4H3. The van der Waals surface area contributed by atoms with Crippen LogP contribution in [0, 0.1) is 19.7 Å². The van der Waals surface area contributed by atoms with Crippen LogP contribution in [0.15, 0.2) is 30.3 Å². The minimum atomic E-state index is -0.537. The number of benzene rings is 2. The number of rotatable bonds is 4. The molecule has 21 heavy (non-hydrogen) atoms. The molecule has 0 unspecified atom stereocenters. The zero-order chi connectivity index (χ0) is 15.6. The molecule has 2 rings (SSSR count). The number of carbonyl (C=O) groups is 1. The van der Waals surface area contributed by atoms with Crippen molar-refractivity contribution in [1.82, 2.24) is 0 Å². The Morgan fingerprint density at radius 2 is 1.57 bits per heavy atom. The Labute approximate surface area is 123 Å². The molecule has 3 nitrogen and oxygen atoms in total. The van der Waals surface area contributed by atoms with Crippen molar-refractivity contribution < 1.29 is 18.7 Å². The lowest BCUT2D eigenvalue weighted by atomic mass is 9.95. The molecule has 0 spiro atoms. The van der Waals surface area contributed by atoms with Crippen LogP contribution in [0.3, 0.4) is 0 Å². The SMILES string of the molecule is COc1cccc(OC)c1C(=O)c1c(C)cc(C)cc1F. The molecule has 0 atom stereocenters. The summed E-state index contributed by atoms with van der Waals surface area (Å²) in [6.45, 7) is 3.50. The second-order valence-corrected chi connectivity index (χ2v) is 4.81. The molecule has 110 valence electrons. The third-order valence-corrected chi connectivity index (χ3v) is 3.31. The van der Waals surface area contributed by atoms with Gasteiger partial charge in [0, 0.05) is 0 Å². The maximum atomic E-state index is 14.2. The molecule has 0 N–H and O–H groups in total. The molecule has 2 aromatic carbocycles. The van der Waals surface area contributed by atoms with Crippen molar-refractivity contribution in [2.45, 2.75) is 13.8 Å². The Balaban J connectivity index is 2.66. The molecule has 0 saturated heterocycles. The van der Waals surface area contributed by atoms with Crippen molar-refractivity contribution in [3.05, 3.63) is 58.4 Å². The number of halogens is 1. The van der Waals surface area contributed by atoms with Gasteiger partial charge in [-0.15, -0.1) is 0 Å². The van der Waals surface area contributed by atoms with Crippen molar-refractivity contribution >= 4 is 5.78 Å². The predicted octanol–water partition coefficient (Wildman–Crippen LogP) is 3.69. The van der Waals surface area contributed by atoms with Crippen LogP contribution in [0.1, 0.15) is 27.0 Å². The van der Waals surface area contributed by atoms with Gasteiger partial charge in [-0.3, -0.25) is 4.79 Å². The van der Waals surface area contributed by atoms with Gasteiger partial charge in [0.15, 0.2) is 0 Å². The highest BCUT2D eigenvalue weighted by Gasteiger charge is 2.24. The summed E-state index contributed by atoms with van der Waals surface area (Å²) in [5.74, 6) is -0.262. The molecule has 4 heteroatoms. The summed E-state index contributed by atoms with van der Waals surface area (Å²) in [5.41, 5.74) is 1.63. The Morgan fingerprint density at radius 3 is 2.05 bits per heavy atom. The molecule has 0 amide bonds. The molecule has 0 aromatic heterocycles. The number of methoxy groups -OCH3 is 2. The van der Waals surface area contributed by atoms with Gasteiger partial charge in [0.05, 0.1) is 19.8 Å². The van der Waals surface area contributed by atoms with Gasteiger partial charge in [0.1, 0.15) is 22.9 Å². The number of aryl methyl sites for hydroxylation is 2. The van der Waals surface area contributed by atoms with Crippen LogP contribution in [0.25, 0.3) is 0 Å². The van der Waals surface area contributed by atoms with Gasteiger partial charge >= 0.3 is 0 Å². The van der Waals surface area contributed by atoms with Crippen LogP contribution in [-0.4, -0.2) is 20.0 Å². The third kappa shape index (κ3) is 2.75. The largest absolute Gasteiger partial charge is 0.496 e. The topological polar surface area (TPSA) is 35.5 Å². The van der Waals surface area contributed by atoms with Gasteiger partial charge in [0.2, 0.25) is 5.78 Å². The lowest BCUT2D eigenvalue weighted by molar-refractivity contribution is 0.102. The molecule has 0 aliphatic carbocycles. The first-order valence-corrected chi connectivity index (χ1v) is 6.52. The summed E-state index contributed by atoms with van der Waals surface area (Å²) in [7, 11) is 2.92. The van der Waals surface area contributed by atoms with E-state index in [9.17, 15) is 9.18 Å². The summed E-state index contributed by atoms with van der Waals surface area (Å²) >= 11 is 0. The van der Waals surface area contributed by atoms with E-state index in [2.05, 4.69) is 0 Å². The Morgan fingerprint density at radius 1 is 1.00 bits per heavy atom. The average molecular weight is 288 g/mol. The fraction of sp³-hybridized carbons (Fsp3) is 0.235. The van der Waals surface area contributed by atoms with Crippen molar-refractivity contribution in [2.75, 3.05) is 14.2 Å². The van der Waals surface area contributed by atoms with E-state index in [1.807, 2.05) is 0 Å². The molecule has 0 fully saturated rings. The predicted molar refractivity (Wildman–Crippen MR) is 78.9 cm³/mol. The Kier molecular flexibility index (Phi) is 4.26. The van der Waals surface area contributed by atoms with E-state index in [4.69, 9.17) is 9.47 Å². The lowest BCUT2D eigenvalue weighted by Crippen LogP contribution is -2.10. The highest BCUT2D eigenvalue weighted by Crippen LogP contribution is 2.32. The Bertz CT molecular complexity index is 647. The number of hydrogen-bond acceptors (Lipinski definition) is 3. The molecule has 0 aliphatic rings. The highest BCUT2D eigenvalue weighted by atomic mass is 19.1. The van der Waals surface area contributed by atoms with E-state index >= 15 is 0 Å². The normalized spacial score (nSPS) is 10.3. The second-order valence-electron chi connectivity index (χ2n) is 4.81. The quantitative estimate of drug-likeness (QED) is 0.805. The van der Waals surface area contributed by atoms with Crippen molar-refractivity contribution in [3.63, 3.8) is 0 Å². The van der Waals surface area contributed by atoms with Gasteiger partial charge in [-0.05, 0) is 43.2 Å². The summed E-state index contributed by atoms with van der Waals surface area (Å²) in [6.07, 6.45) is 0. The highest BCUT2D eigenvalue weighted by molar-refractivity contribution is 6.13. The van der Waals surface area contributed by atoms with E-state index < -0.39 is 11.6 Å². The van der Waals surface area contributed by atoms with Gasteiger partial charge in [-0.2, -0.15) is 0 Å². The minimum absolute atomic E-state index is 0.0448. The third-order valence-electron chi connectivity index (χ3n) is 3.31. The smallest absolute Gasteiger partial charge is 0.203 e. The van der Waals surface area contributed by atoms with Crippen LogP contribution in [0.4, 0.5) is 4.39 Å². The van der Waals surface area contributed by atoms with Crippen LogP contribution < -0.4 is 9.47 Å². The first kappa shape index (κ1) is 15.0. The van der Waals surface area contributed by atoms with E-state index in [1.165, 1.54) is 20.3 Å². The van der Waals surface area contributed by atoms with Crippen LogP contribution in [-0.2, 0) is 0 Å². The first-order chi connectivity index (χ1) is 9.99. The summed E-state index contributed by atoms with van der Waals surface area (Å²) in [4.78, 5) is 12.8. The number of hydrogen-bond donors (Lipinski definition) is 0. The molecule has 0 radical (unpaired) electrons. The van der Waals surface area contributed by atoms with Crippen molar-refractivity contribution in [2.24, 2.45) is 0 Å². The number of carbonyl (C=O) groups excluding carboxylic acids is 1. The van der Waals surface area contributed by atoms with Gasteiger partial charge in [0.25, 0.3) is 0 Å².